The molecule has 0 spiro atoms. The molecule has 0 bridgehead atoms. The maximum atomic E-state index is 4.39. The van der Waals surface area contributed by atoms with Crippen molar-refractivity contribution in [1.29, 1.82) is 0 Å². The number of aromatic nitrogens is 2. The smallest absolute Gasteiger partial charge is 0.109 e. The largest absolute Gasteiger partial charge is 0.338 e. The molecule has 0 amide bonds. The van der Waals surface area contributed by atoms with Gasteiger partial charge in [-0.3, -0.25) is 0 Å². The van der Waals surface area contributed by atoms with Crippen molar-refractivity contribution in [3.8, 4) is 0 Å². The lowest BCUT2D eigenvalue weighted by Crippen LogP contribution is -2.48. The molecule has 1 aromatic heterocycles. The SMILES string of the molecule is CC(C)NC1CCCN(CCc2nccn2C)C1. The number of hydrogen-bond donors (Lipinski definition) is 1. The number of hydrogen-bond acceptors (Lipinski definition) is 3. The van der Waals surface area contributed by atoms with Gasteiger partial charge in [0.05, 0.1) is 0 Å². The van der Waals surface area contributed by atoms with Crippen molar-refractivity contribution in [3.63, 3.8) is 0 Å². The van der Waals surface area contributed by atoms with Crippen LogP contribution in [0, 0.1) is 0 Å². The summed E-state index contributed by atoms with van der Waals surface area (Å²) in [6.45, 7) is 8.00. The van der Waals surface area contributed by atoms with Gasteiger partial charge < -0.3 is 14.8 Å². The molecule has 0 aliphatic carbocycles. The first kappa shape index (κ1) is 13.6. The Morgan fingerprint density at radius 1 is 1.50 bits per heavy atom. The average molecular weight is 250 g/mol. The van der Waals surface area contributed by atoms with Crippen LogP contribution in [0.5, 0.6) is 0 Å². The Morgan fingerprint density at radius 3 is 3.00 bits per heavy atom. The lowest BCUT2D eigenvalue weighted by atomic mass is 10.0. The zero-order valence-corrected chi connectivity index (χ0v) is 11.9. The van der Waals surface area contributed by atoms with Crippen LogP contribution in [0.25, 0.3) is 0 Å². The van der Waals surface area contributed by atoms with E-state index in [9.17, 15) is 0 Å². The van der Waals surface area contributed by atoms with Gasteiger partial charge in [-0.15, -0.1) is 0 Å². The minimum atomic E-state index is 0.587. The first-order chi connectivity index (χ1) is 8.65. The lowest BCUT2D eigenvalue weighted by Gasteiger charge is -2.34. The monoisotopic (exact) mass is 250 g/mol. The summed E-state index contributed by atoms with van der Waals surface area (Å²) < 4.78 is 2.12. The van der Waals surface area contributed by atoms with Crippen LogP contribution in [0.2, 0.25) is 0 Å². The summed E-state index contributed by atoms with van der Waals surface area (Å²) in [5.41, 5.74) is 0. The normalized spacial score (nSPS) is 21.7. The van der Waals surface area contributed by atoms with E-state index < -0.39 is 0 Å². The highest BCUT2D eigenvalue weighted by Gasteiger charge is 2.20. The first-order valence-corrected chi connectivity index (χ1v) is 7.09. The van der Waals surface area contributed by atoms with Crippen LogP contribution in [0.4, 0.5) is 0 Å². The van der Waals surface area contributed by atoms with Crippen LogP contribution in [-0.4, -0.2) is 46.2 Å². The second-order valence-corrected chi connectivity index (χ2v) is 5.67. The van der Waals surface area contributed by atoms with Crippen LogP contribution >= 0.6 is 0 Å². The quantitative estimate of drug-likeness (QED) is 0.858. The lowest BCUT2D eigenvalue weighted by molar-refractivity contribution is 0.186. The van der Waals surface area contributed by atoms with Crippen molar-refractivity contribution in [2.75, 3.05) is 19.6 Å². The van der Waals surface area contributed by atoms with Crippen molar-refractivity contribution in [2.45, 2.75) is 45.2 Å². The summed E-state index contributed by atoms with van der Waals surface area (Å²) in [7, 11) is 2.07. The molecule has 2 rings (SSSR count). The molecule has 1 aliphatic heterocycles. The first-order valence-electron chi connectivity index (χ1n) is 7.09. The summed E-state index contributed by atoms with van der Waals surface area (Å²) in [5.74, 6) is 1.19. The molecule has 1 fully saturated rings. The molecule has 1 aliphatic rings. The molecule has 0 aromatic carbocycles. The fourth-order valence-electron chi connectivity index (χ4n) is 2.76. The number of nitrogens with one attached hydrogen (secondary N) is 1. The van der Waals surface area contributed by atoms with Gasteiger partial charge in [-0.05, 0) is 19.4 Å². The minimum Gasteiger partial charge on any atom is -0.338 e. The molecule has 1 N–H and O–H groups in total. The third-order valence-electron chi connectivity index (χ3n) is 3.65. The second-order valence-electron chi connectivity index (χ2n) is 5.67. The Kier molecular flexibility index (Phi) is 4.78. The van der Waals surface area contributed by atoms with Crippen molar-refractivity contribution in [1.82, 2.24) is 19.8 Å². The fourth-order valence-corrected chi connectivity index (χ4v) is 2.76. The molecule has 0 saturated carbocycles. The molecule has 1 atom stereocenters. The number of likely N-dealkylation sites (tertiary alicyclic amines) is 1. The summed E-state index contributed by atoms with van der Waals surface area (Å²) in [6.07, 6.45) is 7.59. The highest BCUT2D eigenvalue weighted by atomic mass is 15.2. The van der Waals surface area contributed by atoms with Crippen LogP contribution in [0.3, 0.4) is 0 Å². The second kappa shape index (κ2) is 6.34. The topological polar surface area (TPSA) is 33.1 Å². The maximum Gasteiger partial charge on any atom is 0.109 e. The van der Waals surface area contributed by atoms with E-state index in [-0.39, 0.29) is 0 Å². The number of nitrogens with zero attached hydrogens (tertiary/aromatic N) is 3. The van der Waals surface area contributed by atoms with Gasteiger partial charge in [-0.25, -0.2) is 4.98 Å². The van der Waals surface area contributed by atoms with Crippen LogP contribution in [0.15, 0.2) is 12.4 Å². The Balaban J connectivity index is 1.77. The van der Waals surface area contributed by atoms with E-state index in [1.54, 1.807) is 0 Å². The average Bonchev–Trinajstić information content (AvgIpc) is 2.72. The van der Waals surface area contributed by atoms with Gasteiger partial charge >= 0.3 is 0 Å². The molecular formula is C14H26N4. The van der Waals surface area contributed by atoms with E-state index in [2.05, 4.69) is 40.7 Å². The molecule has 18 heavy (non-hydrogen) atoms. The molecule has 4 heteroatoms. The van der Waals surface area contributed by atoms with Crippen molar-refractivity contribution in [3.05, 3.63) is 18.2 Å². The predicted octanol–water partition coefficient (Wildman–Crippen LogP) is 1.42. The molecule has 102 valence electrons. The minimum absolute atomic E-state index is 0.587. The van der Waals surface area contributed by atoms with Crippen LogP contribution < -0.4 is 5.32 Å². The van der Waals surface area contributed by atoms with Gasteiger partial charge in [0.2, 0.25) is 0 Å². The van der Waals surface area contributed by atoms with E-state index in [0.717, 1.165) is 13.0 Å². The predicted molar refractivity (Wildman–Crippen MR) is 74.6 cm³/mol. The van der Waals surface area contributed by atoms with E-state index in [4.69, 9.17) is 0 Å². The molecular weight excluding hydrogens is 224 g/mol. The van der Waals surface area contributed by atoms with Gasteiger partial charge in [-0.2, -0.15) is 0 Å². The zero-order valence-electron chi connectivity index (χ0n) is 11.9. The van der Waals surface area contributed by atoms with E-state index in [0.29, 0.717) is 12.1 Å². The van der Waals surface area contributed by atoms with Crippen LogP contribution in [0.1, 0.15) is 32.5 Å². The molecule has 4 nitrogen and oxygen atoms in total. The fraction of sp³-hybridized carbons (Fsp3) is 0.786. The van der Waals surface area contributed by atoms with E-state index >= 15 is 0 Å². The van der Waals surface area contributed by atoms with Crippen molar-refractivity contribution >= 4 is 0 Å². The zero-order chi connectivity index (χ0) is 13.0. The number of imidazole rings is 1. The van der Waals surface area contributed by atoms with Crippen molar-refractivity contribution in [2.24, 2.45) is 7.05 Å². The van der Waals surface area contributed by atoms with Gasteiger partial charge in [0.25, 0.3) is 0 Å². The summed E-state index contributed by atoms with van der Waals surface area (Å²) in [6, 6.07) is 1.25. The Bertz CT molecular complexity index is 358. The summed E-state index contributed by atoms with van der Waals surface area (Å²) >= 11 is 0. The number of aryl methyl sites for hydroxylation is 1. The van der Waals surface area contributed by atoms with Gasteiger partial charge in [0.15, 0.2) is 0 Å². The highest BCUT2D eigenvalue weighted by Crippen LogP contribution is 2.11. The summed E-state index contributed by atoms with van der Waals surface area (Å²) in [4.78, 5) is 6.96. The van der Waals surface area contributed by atoms with Gasteiger partial charge in [0.1, 0.15) is 5.82 Å². The number of rotatable bonds is 5. The maximum absolute atomic E-state index is 4.39. The third kappa shape index (κ3) is 3.82. The standard InChI is InChI=1S/C14H26N4/c1-12(2)16-13-5-4-8-18(11-13)9-6-14-15-7-10-17(14)3/h7,10,12-13,16H,4-6,8-9,11H2,1-3H3. The summed E-state index contributed by atoms with van der Waals surface area (Å²) in [5, 5.41) is 3.65. The van der Waals surface area contributed by atoms with Crippen LogP contribution in [-0.2, 0) is 13.5 Å². The van der Waals surface area contributed by atoms with E-state index in [1.165, 1.54) is 31.8 Å². The van der Waals surface area contributed by atoms with E-state index in [1.807, 2.05) is 12.4 Å². The molecule has 2 heterocycles. The Hall–Kier alpha value is -0.870. The third-order valence-corrected chi connectivity index (χ3v) is 3.65. The van der Waals surface area contributed by atoms with Gasteiger partial charge in [0, 0.05) is 51.0 Å². The molecule has 1 unspecified atom stereocenters. The Morgan fingerprint density at radius 2 is 2.33 bits per heavy atom. The molecule has 1 aromatic rings. The van der Waals surface area contributed by atoms with Gasteiger partial charge in [-0.1, -0.05) is 13.8 Å². The highest BCUT2D eigenvalue weighted by molar-refractivity contribution is 4.92. The number of piperidine rings is 1. The van der Waals surface area contributed by atoms with Crippen molar-refractivity contribution < 1.29 is 0 Å². The molecule has 1 saturated heterocycles. The molecule has 0 radical (unpaired) electrons. The Labute approximate surface area is 110 Å².